The molecule has 3 aliphatic rings. The summed E-state index contributed by atoms with van der Waals surface area (Å²) in [5.74, 6) is 1.67. The third-order valence-corrected chi connectivity index (χ3v) is 8.95. The molecule has 8 nitrogen and oxygen atoms in total. The fraction of sp³-hybridized carbons (Fsp3) is 0.704. The number of hydrogen-bond donors (Lipinski definition) is 0. The van der Waals surface area contributed by atoms with Gasteiger partial charge in [-0.15, -0.1) is 11.8 Å². The van der Waals surface area contributed by atoms with E-state index >= 15 is 0 Å². The molecule has 0 spiro atoms. The fourth-order valence-electron chi connectivity index (χ4n) is 6.00. The van der Waals surface area contributed by atoms with Crippen molar-refractivity contribution in [2.45, 2.75) is 69.5 Å². The summed E-state index contributed by atoms with van der Waals surface area (Å²) in [5, 5.41) is -0.499. The van der Waals surface area contributed by atoms with Gasteiger partial charge in [0, 0.05) is 19.8 Å². The number of thioether (sulfide) groups is 1. The molecule has 1 aromatic rings. The van der Waals surface area contributed by atoms with Gasteiger partial charge in [-0.2, -0.15) is 0 Å². The molecule has 3 aliphatic heterocycles. The Balaban J connectivity index is 1.65. The Labute approximate surface area is 218 Å². The summed E-state index contributed by atoms with van der Waals surface area (Å²) >= 11 is 1.54. The zero-order valence-corrected chi connectivity index (χ0v) is 22.7. The fourth-order valence-corrected chi connectivity index (χ4v) is 7.25. The first-order chi connectivity index (χ1) is 17.5. The van der Waals surface area contributed by atoms with Crippen molar-refractivity contribution >= 4 is 23.6 Å². The minimum absolute atomic E-state index is 0.0181. The first kappa shape index (κ1) is 27.1. The largest absolute Gasteiger partial charge is 0.493 e. The van der Waals surface area contributed by atoms with Crippen LogP contribution in [-0.2, 0) is 30.2 Å². The van der Waals surface area contributed by atoms with Gasteiger partial charge in [0.15, 0.2) is 17.8 Å². The number of fused-ring (bicyclic) bond motifs is 3. The van der Waals surface area contributed by atoms with E-state index in [0.29, 0.717) is 37.5 Å². The van der Waals surface area contributed by atoms with Crippen molar-refractivity contribution in [3.8, 4) is 11.5 Å². The molecule has 0 radical (unpaired) electrons. The van der Waals surface area contributed by atoms with E-state index in [1.807, 2.05) is 24.0 Å². The van der Waals surface area contributed by atoms with Crippen LogP contribution in [0, 0.1) is 5.41 Å². The average molecular weight is 522 g/mol. The lowest BCUT2D eigenvalue weighted by atomic mass is 9.71. The lowest BCUT2D eigenvalue weighted by Crippen LogP contribution is -2.45. The monoisotopic (exact) mass is 521 g/mol. The lowest BCUT2D eigenvalue weighted by Gasteiger charge is -2.41. The Morgan fingerprint density at radius 2 is 1.94 bits per heavy atom. The highest BCUT2D eigenvalue weighted by atomic mass is 32.2. The lowest BCUT2D eigenvalue weighted by molar-refractivity contribution is -0.164. The van der Waals surface area contributed by atoms with Crippen LogP contribution in [0.4, 0.5) is 0 Å². The van der Waals surface area contributed by atoms with E-state index < -0.39 is 16.7 Å². The number of nitrogens with zero attached hydrogens (tertiary/aromatic N) is 1. The van der Waals surface area contributed by atoms with Gasteiger partial charge in [0.2, 0.25) is 5.91 Å². The van der Waals surface area contributed by atoms with Gasteiger partial charge in [-0.1, -0.05) is 6.92 Å². The molecule has 0 aromatic heterocycles. The van der Waals surface area contributed by atoms with Gasteiger partial charge in [-0.25, -0.2) is 0 Å². The molecule has 200 valence electrons. The van der Waals surface area contributed by atoms with Gasteiger partial charge in [-0.3, -0.25) is 9.59 Å². The molecule has 36 heavy (non-hydrogen) atoms. The zero-order valence-electron chi connectivity index (χ0n) is 21.9. The molecular formula is C27H39NO7S. The van der Waals surface area contributed by atoms with Gasteiger partial charge in [-0.05, 0) is 74.0 Å². The summed E-state index contributed by atoms with van der Waals surface area (Å²) in [5.41, 5.74) is 1.03. The molecule has 4 rings (SSSR count). The zero-order chi connectivity index (χ0) is 25.7. The third-order valence-electron chi connectivity index (χ3n) is 7.66. The van der Waals surface area contributed by atoms with E-state index in [-0.39, 0.29) is 18.2 Å². The number of methoxy groups -OCH3 is 3. The minimum atomic E-state index is -0.997. The van der Waals surface area contributed by atoms with Crippen molar-refractivity contribution in [2.24, 2.45) is 5.41 Å². The molecule has 1 unspecified atom stereocenters. The smallest absolute Gasteiger partial charge is 0.315 e. The number of carbonyl (C=O) groups is 2. The number of hydrogen-bond acceptors (Lipinski definition) is 8. The van der Waals surface area contributed by atoms with Crippen LogP contribution in [0.15, 0.2) is 12.1 Å². The van der Waals surface area contributed by atoms with Crippen LogP contribution in [0.5, 0.6) is 11.5 Å². The summed E-state index contributed by atoms with van der Waals surface area (Å²) in [6, 6.07) is 3.52. The van der Waals surface area contributed by atoms with E-state index in [4.69, 9.17) is 23.7 Å². The summed E-state index contributed by atoms with van der Waals surface area (Å²) in [6.07, 6.45) is 5.76. The average Bonchev–Trinajstić information content (AvgIpc) is 3.16. The number of esters is 1. The van der Waals surface area contributed by atoms with E-state index in [9.17, 15) is 9.59 Å². The number of carbonyl (C=O) groups excluding carboxylic acids is 2. The standard InChI is InChI=1S/C27H39NO7S/c1-5-36-24-25(29)28-13-11-18-16-20(31-2)21(32-3)17-19(18)23(28)27(24,26(30)33-4)12-7-9-15-35-22-10-6-8-14-34-22/h16-17,22-24H,5-15H2,1-4H3/t22?,23-,24-,27+/m1/s1. The molecule has 0 aliphatic carbocycles. The Hall–Kier alpha value is -1.97. The number of amides is 1. The van der Waals surface area contributed by atoms with Crippen LogP contribution in [0.2, 0.25) is 0 Å². The summed E-state index contributed by atoms with van der Waals surface area (Å²) < 4.78 is 28.2. The van der Waals surface area contributed by atoms with Crippen LogP contribution < -0.4 is 9.47 Å². The predicted molar refractivity (Wildman–Crippen MR) is 137 cm³/mol. The number of ether oxygens (including phenoxy) is 5. The topological polar surface area (TPSA) is 83.5 Å². The quantitative estimate of drug-likeness (QED) is 0.317. The van der Waals surface area contributed by atoms with E-state index in [2.05, 4.69) is 0 Å². The first-order valence-corrected chi connectivity index (χ1v) is 14.0. The molecular weight excluding hydrogens is 482 g/mol. The maximum atomic E-state index is 13.7. The van der Waals surface area contributed by atoms with Crippen molar-refractivity contribution in [3.63, 3.8) is 0 Å². The van der Waals surface area contributed by atoms with Gasteiger partial charge < -0.3 is 28.6 Å². The Morgan fingerprint density at radius 3 is 2.61 bits per heavy atom. The second-order valence-corrected chi connectivity index (χ2v) is 11.0. The maximum absolute atomic E-state index is 13.7. The summed E-state index contributed by atoms with van der Waals surface area (Å²) in [6.45, 7) is 3.90. The first-order valence-electron chi connectivity index (χ1n) is 13.0. The highest BCUT2D eigenvalue weighted by Crippen LogP contribution is 2.58. The molecule has 2 saturated heterocycles. The van der Waals surface area contributed by atoms with Gasteiger partial charge in [0.05, 0.1) is 27.4 Å². The van der Waals surface area contributed by atoms with Crippen molar-refractivity contribution in [2.75, 3.05) is 46.8 Å². The van der Waals surface area contributed by atoms with Gasteiger partial charge >= 0.3 is 5.97 Å². The molecule has 3 heterocycles. The van der Waals surface area contributed by atoms with Crippen molar-refractivity contribution in [1.29, 1.82) is 0 Å². The molecule has 4 atom stereocenters. The molecule has 2 fully saturated rings. The van der Waals surface area contributed by atoms with E-state index in [1.54, 1.807) is 26.0 Å². The Kier molecular flexibility index (Phi) is 9.06. The van der Waals surface area contributed by atoms with Gasteiger partial charge in [0.1, 0.15) is 10.7 Å². The van der Waals surface area contributed by atoms with Crippen LogP contribution in [-0.4, -0.2) is 75.2 Å². The SMILES string of the molecule is CCS[C@@H]1C(=O)N2CCc3cc(OC)c(OC)cc3[C@@H]2[C@]1(CCCCOC1CCCCO1)C(=O)OC. The van der Waals surface area contributed by atoms with Crippen molar-refractivity contribution < 1.29 is 33.3 Å². The number of benzene rings is 1. The maximum Gasteiger partial charge on any atom is 0.315 e. The molecule has 1 aromatic carbocycles. The summed E-state index contributed by atoms with van der Waals surface area (Å²) in [4.78, 5) is 29.3. The van der Waals surface area contributed by atoms with Crippen LogP contribution in [0.25, 0.3) is 0 Å². The van der Waals surface area contributed by atoms with E-state index in [0.717, 1.165) is 55.6 Å². The Bertz CT molecular complexity index is 935. The second-order valence-electron chi connectivity index (χ2n) is 9.58. The molecule has 9 heteroatoms. The van der Waals surface area contributed by atoms with E-state index in [1.165, 1.54) is 7.11 Å². The number of unbranched alkanes of at least 4 members (excludes halogenated alkanes) is 1. The molecule has 1 amide bonds. The van der Waals surface area contributed by atoms with Crippen LogP contribution in [0.3, 0.4) is 0 Å². The normalized spacial score (nSPS) is 27.4. The van der Waals surface area contributed by atoms with Gasteiger partial charge in [0.25, 0.3) is 0 Å². The van der Waals surface area contributed by atoms with Crippen molar-refractivity contribution in [1.82, 2.24) is 4.90 Å². The molecule has 0 bridgehead atoms. The van der Waals surface area contributed by atoms with Crippen molar-refractivity contribution in [3.05, 3.63) is 23.3 Å². The molecule has 0 N–H and O–H groups in total. The highest BCUT2D eigenvalue weighted by molar-refractivity contribution is 8.00. The summed E-state index contributed by atoms with van der Waals surface area (Å²) in [7, 11) is 4.64. The minimum Gasteiger partial charge on any atom is -0.493 e. The Morgan fingerprint density at radius 1 is 1.17 bits per heavy atom. The second kappa shape index (κ2) is 12.0. The predicted octanol–water partition coefficient (Wildman–Crippen LogP) is 4.14. The number of rotatable bonds is 11. The third kappa shape index (κ3) is 4.94. The highest BCUT2D eigenvalue weighted by Gasteiger charge is 2.65. The molecule has 0 saturated carbocycles. The van der Waals surface area contributed by atoms with Crippen LogP contribution >= 0.6 is 11.8 Å². The van der Waals surface area contributed by atoms with Crippen LogP contribution in [0.1, 0.15) is 62.6 Å².